The molecule has 1 rings (SSSR count). The molecule has 0 radical (unpaired) electrons. The number of carbonyl (C=O) groups is 2. The van der Waals surface area contributed by atoms with Gasteiger partial charge in [-0.3, -0.25) is 9.59 Å². The molecule has 5 heteroatoms. The van der Waals surface area contributed by atoms with E-state index in [2.05, 4.69) is 0 Å². The Morgan fingerprint density at radius 3 is 2.35 bits per heavy atom. The number of hydrogen-bond donors (Lipinski definition) is 2. The molecular weight excluding hydrogens is 220 g/mol. The van der Waals surface area contributed by atoms with Crippen LogP contribution in [0.25, 0.3) is 0 Å². The predicted octanol–water partition coefficient (Wildman–Crippen LogP) is 1.49. The van der Waals surface area contributed by atoms with Crippen LogP contribution in [-0.2, 0) is 9.59 Å². The number of hydrogen-bond acceptors (Lipinski definition) is 3. The number of nitrogens with two attached hydrogens (primary N) is 1. The molecule has 0 bridgehead atoms. The molecule has 1 aromatic rings. The van der Waals surface area contributed by atoms with Crippen LogP contribution >= 0.6 is 0 Å². The van der Waals surface area contributed by atoms with Crippen molar-refractivity contribution in [2.75, 3.05) is 17.7 Å². The molecule has 1 aromatic carbocycles. The zero-order chi connectivity index (χ0) is 12.8. The molecule has 17 heavy (non-hydrogen) atoms. The van der Waals surface area contributed by atoms with Crippen molar-refractivity contribution >= 4 is 23.3 Å². The molecule has 0 fully saturated rings. The summed E-state index contributed by atoms with van der Waals surface area (Å²) in [5.74, 6) is -0.982. The van der Waals surface area contributed by atoms with Crippen LogP contribution < -0.4 is 10.6 Å². The zero-order valence-corrected chi connectivity index (χ0v) is 9.72. The third kappa shape index (κ3) is 4.14. The van der Waals surface area contributed by atoms with Gasteiger partial charge in [-0.25, -0.2) is 0 Å². The van der Waals surface area contributed by atoms with Crippen LogP contribution in [-0.4, -0.2) is 24.0 Å². The van der Waals surface area contributed by atoms with Crippen molar-refractivity contribution in [1.82, 2.24) is 0 Å². The van der Waals surface area contributed by atoms with Gasteiger partial charge in [0.2, 0.25) is 5.91 Å². The lowest BCUT2D eigenvalue weighted by molar-refractivity contribution is -0.137. The van der Waals surface area contributed by atoms with E-state index >= 15 is 0 Å². The van der Waals surface area contributed by atoms with Gasteiger partial charge < -0.3 is 15.7 Å². The van der Waals surface area contributed by atoms with Crippen molar-refractivity contribution in [3.63, 3.8) is 0 Å². The molecule has 92 valence electrons. The molecule has 0 spiro atoms. The van der Waals surface area contributed by atoms with Crippen LogP contribution in [0.3, 0.4) is 0 Å². The summed E-state index contributed by atoms with van der Waals surface area (Å²) in [7, 11) is 1.66. The number of nitrogens with zero attached hydrogens (tertiary/aromatic N) is 1. The van der Waals surface area contributed by atoms with Crippen LogP contribution in [0, 0.1) is 0 Å². The molecule has 0 atom stereocenters. The maximum Gasteiger partial charge on any atom is 0.303 e. The van der Waals surface area contributed by atoms with E-state index in [1.54, 1.807) is 31.3 Å². The maximum absolute atomic E-state index is 11.7. The van der Waals surface area contributed by atoms with Gasteiger partial charge in [0.25, 0.3) is 0 Å². The zero-order valence-electron chi connectivity index (χ0n) is 9.72. The summed E-state index contributed by atoms with van der Waals surface area (Å²) in [5, 5.41) is 8.47. The minimum Gasteiger partial charge on any atom is -0.481 e. The summed E-state index contributed by atoms with van der Waals surface area (Å²) in [6, 6.07) is 6.95. The van der Waals surface area contributed by atoms with E-state index < -0.39 is 5.97 Å². The second kappa shape index (κ2) is 5.89. The van der Waals surface area contributed by atoms with Gasteiger partial charge in [0.1, 0.15) is 0 Å². The highest BCUT2D eigenvalue weighted by atomic mass is 16.4. The predicted molar refractivity (Wildman–Crippen MR) is 65.8 cm³/mol. The number of aliphatic carboxylic acids is 1. The monoisotopic (exact) mass is 236 g/mol. The first kappa shape index (κ1) is 13.0. The smallest absolute Gasteiger partial charge is 0.303 e. The van der Waals surface area contributed by atoms with Crippen molar-refractivity contribution < 1.29 is 14.7 Å². The van der Waals surface area contributed by atoms with Crippen molar-refractivity contribution in [3.8, 4) is 0 Å². The summed E-state index contributed by atoms with van der Waals surface area (Å²) in [6.45, 7) is 0. The lowest BCUT2D eigenvalue weighted by Gasteiger charge is -2.17. The SMILES string of the molecule is CN(C(=O)CCCC(=O)O)c1ccc(N)cc1. The van der Waals surface area contributed by atoms with Gasteiger partial charge in [-0.1, -0.05) is 0 Å². The van der Waals surface area contributed by atoms with E-state index in [0.717, 1.165) is 5.69 Å². The molecule has 0 aliphatic carbocycles. The molecule has 0 aromatic heterocycles. The van der Waals surface area contributed by atoms with Crippen molar-refractivity contribution in [2.24, 2.45) is 0 Å². The summed E-state index contributed by atoms with van der Waals surface area (Å²) < 4.78 is 0. The van der Waals surface area contributed by atoms with Crippen molar-refractivity contribution in [3.05, 3.63) is 24.3 Å². The standard InChI is InChI=1S/C12H16N2O3/c1-14(10-7-5-9(13)6-8-10)11(15)3-2-4-12(16)17/h5-8H,2-4,13H2,1H3,(H,16,17). The van der Waals surface area contributed by atoms with E-state index in [1.165, 1.54) is 4.90 Å². The van der Waals surface area contributed by atoms with Crippen LogP contribution in [0.15, 0.2) is 24.3 Å². The van der Waals surface area contributed by atoms with Gasteiger partial charge in [0.05, 0.1) is 0 Å². The number of anilines is 2. The van der Waals surface area contributed by atoms with Crippen molar-refractivity contribution in [1.29, 1.82) is 0 Å². The molecule has 0 aliphatic rings. The van der Waals surface area contributed by atoms with Crippen molar-refractivity contribution in [2.45, 2.75) is 19.3 Å². The third-order valence-electron chi connectivity index (χ3n) is 2.44. The van der Waals surface area contributed by atoms with Crippen LogP contribution in [0.4, 0.5) is 11.4 Å². The van der Waals surface area contributed by atoms with Crippen LogP contribution in [0.1, 0.15) is 19.3 Å². The molecule has 0 heterocycles. The van der Waals surface area contributed by atoms with Gasteiger partial charge in [-0.05, 0) is 30.7 Å². The molecule has 5 nitrogen and oxygen atoms in total. The summed E-state index contributed by atoms with van der Waals surface area (Å²) >= 11 is 0. The largest absolute Gasteiger partial charge is 0.481 e. The lowest BCUT2D eigenvalue weighted by atomic mass is 10.2. The third-order valence-corrected chi connectivity index (χ3v) is 2.44. The second-order valence-corrected chi connectivity index (χ2v) is 3.79. The Hall–Kier alpha value is -2.04. The normalized spacial score (nSPS) is 9.94. The highest BCUT2D eigenvalue weighted by Gasteiger charge is 2.11. The number of nitrogen functional groups attached to an aromatic ring is 1. The fourth-order valence-corrected chi connectivity index (χ4v) is 1.40. The maximum atomic E-state index is 11.7. The number of carboxylic acids is 1. The lowest BCUT2D eigenvalue weighted by Crippen LogP contribution is -2.25. The van der Waals surface area contributed by atoms with Crippen LogP contribution in [0.2, 0.25) is 0 Å². The minimum absolute atomic E-state index is 0.0152. The molecule has 0 saturated heterocycles. The molecule has 0 aliphatic heterocycles. The number of benzene rings is 1. The minimum atomic E-state index is -0.882. The Morgan fingerprint density at radius 2 is 1.82 bits per heavy atom. The Labute approximate surface area is 99.8 Å². The number of carbonyl (C=O) groups excluding carboxylic acids is 1. The first-order chi connectivity index (χ1) is 8.00. The first-order valence-corrected chi connectivity index (χ1v) is 5.34. The second-order valence-electron chi connectivity index (χ2n) is 3.79. The molecule has 1 amide bonds. The Bertz CT molecular complexity index is 401. The quantitative estimate of drug-likeness (QED) is 0.758. The topological polar surface area (TPSA) is 83.6 Å². The fraction of sp³-hybridized carbons (Fsp3) is 0.333. The molecule has 0 unspecified atom stereocenters. The van der Waals surface area contributed by atoms with E-state index in [-0.39, 0.29) is 18.7 Å². The number of carboxylic acid groups (broad SMARTS) is 1. The molecule has 3 N–H and O–H groups in total. The van der Waals surface area contributed by atoms with E-state index in [0.29, 0.717) is 12.1 Å². The summed E-state index contributed by atoms with van der Waals surface area (Å²) in [4.78, 5) is 23.5. The average Bonchev–Trinajstić information content (AvgIpc) is 2.28. The van der Waals surface area contributed by atoms with Gasteiger partial charge in [0, 0.05) is 31.3 Å². The van der Waals surface area contributed by atoms with E-state index in [4.69, 9.17) is 10.8 Å². The van der Waals surface area contributed by atoms with E-state index in [1.807, 2.05) is 0 Å². The summed E-state index contributed by atoms with van der Waals surface area (Å²) in [6.07, 6.45) is 0.599. The highest BCUT2D eigenvalue weighted by Crippen LogP contribution is 2.16. The Morgan fingerprint density at radius 1 is 1.24 bits per heavy atom. The van der Waals surface area contributed by atoms with Gasteiger partial charge in [-0.2, -0.15) is 0 Å². The Balaban J connectivity index is 2.51. The Kier molecular flexibility index (Phi) is 4.51. The number of amides is 1. The van der Waals surface area contributed by atoms with Crippen LogP contribution in [0.5, 0.6) is 0 Å². The first-order valence-electron chi connectivity index (χ1n) is 5.34. The van der Waals surface area contributed by atoms with E-state index in [9.17, 15) is 9.59 Å². The highest BCUT2D eigenvalue weighted by molar-refractivity contribution is 5.93. The van der Waals surface area contributed by atoms with Gasteiger partial charge in [0.15, 0.2) is 0 Å². The van der Waals surface area contributed by atoms with Gasteiger partial charge in [-0.15, -0.1) is 0 Å². The molecular formula is C12H16N2O3. The van der Waals surface area contributed by atoms with Gasteiger partial charge >= 0.3 is 5.97 Å². The summed E-state index contributed by atoms with van der Waals surface area (Å²) in [5.41, 5.74) is 6.94. The average molecular weight is 236 g/mol. The molecule has 0 saturated carbocycles. The fourth-order valence-electron chi connectivity index (χ4n) is 1.40. The number of rotatable bonds is 5.